The molecule has 9 heteroatoms. The summed E-state index contributed by atoms with van der Waals surface area (Å²) in [6.07, 6.45) is 1.58. The van der Waals surface area contributed by atoms with E-state index in [-0.39, 0.29) is 17.7 Å². The van der Waals surface area contributed by atoms with Crippen LogP contribution in [0.25, 0.3) is 0 Å². The van der Waals surface area contributed by atoms with Gasteiger partial charge in [-0.05, 0) is 49.2 Å². The summed E-state index contributed by atoms with van der Waals surface area (Å²) < 4.78 is 10.6. The zero-order valence-electron chi connectivity index (χ0n) is 19.8. The van der Waals surface area contributed by atoms with Crippen LogP contribution in [0.15, 0.2) is 48.5 Å². The average Bonchev–Trinajstić information content (AvgIpc) is 3.48. The fraction of sp³-hybridized carbons (Fsp3) is 0.346. The Morgan fingerprint density at radius 1 is 1.00 bits per heavy atom. The highest BCUT2D eigenvalue weighted by atomic mass is 32.1. The first-order valence-electron chi connectivity index (χ1n) is 11.7. The predicted octanol–water partition coefficient (Wildman–Crippen LogP) is 3.79. The molecule has 35 heavy (non-hydrogen) atoms. The standard InChI is InChI=1S/C26H28N4O4S/c1-33-18-9-7-17(8-10-18)24(31)28-26-27-23-19(11-12-22(23)35-26)25(32)30-15-13-29(14-16-30)20-5-3-4-6-21(20)34-2/h3-10,19H,11-16H2,1-2H3,(H,27,28,31). The van der Waals surface area contributed by atoms with Gasteiger partial charge in [0.15, 0.2) is 5.13 Å². The minimum absolute atomic E-state index is 0.127. The van der Waals surface area contributed by atoms with E-state index in [9.17, 15) is 9.59 Å². The number of carbonyl (C=O) groups excluding carboxylic acids is 2. The molecule has 1 fully saturated rings. The number of aromatic nitrogens is 1. The summed E-state index contributed by atoms with van der Waals surface area (Å²) in [5.74, 6) is 1.20. The number of rotatable bonds is 6. The summed E-state index contributed by atoms with van der Waals surface area (Å²) in [5, 5.41) is 3.42. The molecule has 1 N–H and O–H groups in total. The van der Waals surface area contributed by atoms with Crippen LogP contribution < -0.4 is 19.7 Å². The van der Waals surface area contributed by atoms with Crippen molar-refractivity contribution in [3.63, 3.8) is 0 Å². The highest BCUT2D eigenvalue weighted by molar-refractivity contribution is 7.16. The molecule has 1 saturated heterocycles. The first-order valence-corrected chi connectivity index (χ1v) is 12.5. The van der Waals surface area contributed by atoms with E-state index in [0.29, 0.717) is 29.5 Å². The lowest BCUT2D eigenvalue weighted by atomic mass is 10.1. The van der Waals surface area contributed by atoms with Gasteiger partial charge in [-0.25, -0.2) is 4.98 Å². The Balaban J connectivity index is 1.22. The zero-order valence-corrected chi connectivity index (χ0v) is 20.6. The van der Waals surface area contributed by atoms with Gasteiger partial charge in [-0.3, -0.25) is 14.9 Å². The molecule has 3 aromatic rings. The Kier molecular flexibility index (Phi) is 6.59. The minimum atomic E-state index is -0.245. The van der Waals surface area contributed by atoms with E-state index >= 15 is 0 Å². The van der Waals surface area contributed by atoms with Crippen molar-refractivity contribution in [3.05, 3.63) is 64.7 Å². The topological polar surface area (TPSA) is 84.0 Å². The van der Waals surface area contributed by atoms with Crippen LogP contribution >= 0.6 is 11.3 Å². The van der Waals surface area contributed by atoms with E-state index in [1.807, 2.05) is 23.1 Å². The molecule has 0 saturated carbocycles. The summed E-state index contributed by atoms with van der Waals surface area (Å²) in [4.78, 5) is 36.0. The number of amides is 2. The maximum atomic E-state index is 13.4. The number of fused-ring (bicyclic) bond motifs is 1. The number of nitrogens with zero attached hydrogens (tertiary/aromatic N) is 3. The van der Waals surface area contributed by atoms with Crippen LogP contribution in [-0.4, -0.2) is 62.1 Å². The molecule has 2 aromatic carbocycles. The largest absolute Gasteiger partial charge is 0.497 e. The van der Waals surface area contributed by atoms with Crippen LogP contribution in [0.3, 0.4) is 0 Å². The van der Waals surface area contributed by atoms with Gasteiger partial charge >= 0.3 is 0 Å². The quantitative estimate of drug-likeness (QED) is 0.564. The molecule has 182 valence electrons. The summed E-state index contributed by atoms with van der Waals surface area (Å²) in [7, 11) is 3.27. The number of carbonyl (C=O) groups is 2. The molecule has 1 unspecified atom stereocenters. The van der Waals surface area contributed by atoms with E-state index in [1.54, 1.807) is 38.5 Å². The van der Waals surface area contributed by atoms with Crippen molar-refractivity contribution in [2.24, 2.45) is 0 Å². The average molecular weight is 493 g/mol. The number of benzene rings is 2. The Hall–Kier alpha value is -3.59. The van der Waals surface area contributed by atoms with Crippen LogP contribution in [0.4, 0.5) is 10.8 Å². The molecule has 1 atom stereocenters. The molecule has 1 aliphatic carbocycles. The third kappa shape index (κ3) is 4.68. The highest BCUT2D eigenvalue weighted by Gasteiger charge is 2.36. The molecule has 1 aromatic heterocycles. The van der Waals surface area contributed by atoms with Crippen molar-refractivity contribution in [3.8, 4) is 11.5 Å². The van der Waals surface area contributed by atoms with E-state index < -0.39 is 0 Å². The number of para-hydroxylation sites is 2. The van der Waals surface area contributed by atoms with Crippen molar-refractivity contribution in [1.29, 1.82) is 0 Å². The molecule has 2 heterocycles. The summed E-state index contributed by atoms with van der Waals surface area (Å²) in [5.41, 5.74) is 2.40. The molecular weight excluding hydrogens is 464 g/mol. The highest BCUT2D eigenvalue weighted by Crippen LogP contribution is 2.40. The number of anilines is 2. The molecule has 0 spiro atoms. The Bertz CT molecular complexity index is 1220. The molecule has 1 aliphatic heterocycles. The maximum absolute atomic E-state index is 13.4. The van der Waals surface area contributed by atoms with Gasteiger partial charge in [-0.15, -0.1) is 11.3 Å². The lowest BCUT2D eigenvalue weighted by Gasteiger charge is -2.37. The van der Waals surface area contributed by atoms with Gasteiger partial charge in [-0.1, -0.05) is 12.1 Å². The minimum Gasteiger partial charge on any atom is -0.497 e. The first-order chi connectivity index (χ1) is 17.1. The molecule has 2 amide bonds. The van der Waals surface area contributed by atoms with Crippen molar-refractivity contribution in [2.45, 2.75) is 18.8 Å². The van der Waals surface area contributed by atoms with Crippen molar-refractivity contribution in [1.82, 2.24) is 9.88 Å². The van der Waals surface area contributed by atoms with Crippen molar-refractivity contribution in [2.75, 3.05) is 50.6 Å². The third-order valence-corrected chi connectivity index (χ3v) is 7.65. The molecule has 0 bridgehead atoms. The molecule has 0 radical (unpaired) electrons. The number of hydrogen-bond acceptors (Lipinski definition) is 7. The van der Waals surface area contributed by atoms with Gasteiger partial charge in [-0.2, -0.15) is 0 Å². The number of aryl methyl sites for hydroxylation is 1. The molecule has 2 aliphatic rings. The number of thiazole rings is 1. The second-order valence-electron chi connectivity index (χ2n) is 8.59. The molecule has 5 rings (SSSR count). The number of ether oxygens (including phenoxy) is 2. The van der Waals surface area contributed by atoms with Crippen molar-refractivity contribution < 1.29 is 19.1 Å². The summed E-state index contributed by atoms with van der Waals surface area (Å²) in [6.45, 7) is 2.83. The fourth-order valence-electron chi connectivity index (χ4n) is 4.71. The van der Waals surface area contributed by atoms with Crippen LogP contribution in [0.5, 0.6) is 11.5 Å². The second kappa shape index (κ2) is 9.95. The fourth-order valence-corrected chi connectivity index (χ4v) is 5.75. The van der Waals surface area contributed by atoms with E-state index in [1.165, 1.54) is 11.3 Å². The maximum Gasteiger partial charge on any atom is 0.257 e. The second-order valence-corrected chi connectivity index (χ2v) is 9.67. The monoisotopic (exact) mass is 492 g/mol. The predicted molar refractivity (Wildman–Crippen MR) is 136 cm³/mol. The SMILES string of the molecule is COc1ccc(C(=O)Nc2nc3c(s2)CCC3C(=O)N2CCN(c3ccccc3OC)CC2)cc1. The lowest BCUT2D eigenvalue weighted by Crippen LogP contribution is -2.50. The Morgan fingerprint density at radius 3 is 2.46 bits per heavy atom. The van der Waals surface area contributed by atoms with Gasteiger partial charge in [0.2, 0.25) is 5.91 Å². The van der Waals surface area contributed by atoms with Crippen LogP contribution in [0.1, 0.15) is 33.3 Å². The number of piperazine rings is 1. The number of nitrogens with one attached hydrogen (secondary N) is 1. The van der Waals surface area contributed by atoms with E-state index in [0.717, 1.165) is 47.9 Å². The van der Waals surface area contributed by atoms with Gasteiger partial charge in [0.1, 0.15) is 11.5 Å². The lowest BCUT2D eigenvalue weighted by molar-refractivity contribution is -0.133. The van der Waals surface area contributed by atoms with Gasteiger partial charge in [0.25, 0.3) is 5.91 Å². The number of hydrogen-bond donors (Lipinski definition) is 1. The Labute approximate surface area is 208 Å². The normalized spacial score (nSPS) is 17.1. The van der Waals surface area contributed by atoms with E-state index in [4.69, 9.17) is 9.47 Å². The third-order valence-electron chi connectivity index (χ3n) is 6.61. The molecular formula is C26H28N4O4S. The van der Waals surface area contributed by atoms with Crippen LogP contribution in [-0.2, 0) is 11.2 Å². The number of methoxy groups -OCH3 is 2. The van der Waals surface area contributed by atoms with Gasteiger partial charge < -0.3 is 19.3 Å². The first kappa shape index (κ1) is 23.2. The molecule has 8 nitrogen and oxygen atoms in total. The van der Waals surface area contributed by atoms with Crippen LogP contribution in [0.2, 0.25) is 0 Å². The Morgan fingerprint density at radius 2 is 1.74 bits per heavy atom. The summed E-state index contributed by atoms with van der Waals surface area (Å²) >= 11 is 1.46. The van der Waals surface area contributed by atoms with Crippen molar-refractivity contribution >= 4 is 34.0 Å². The van der Waals surface area contributed by atoms with Crippen LogP contribution in [0, 0.1) is 0 Å². The van der Waals surface area contributed by atoms with E-state index in [2.05, 4.69) is 21.3 Å². The smallest absolute Gasteiger partial charge is 0.257 e. The van der Waals surface area contributed by atoms with Gasteiger partial charge in [0.05, 0.1) is 31.5 Å². The summed E-state index contributed by atoms with van der Waals surface area (Å²) in [6, 6.07) is 14.9. The zero-order chi connectivity index (χ0) is 24.4. The van der Waals surface area contributed by atoms with Gasteiger partial charge in [0, 0.05) is 36.6 Å².